The molecule has 0 saturated carbocycles. The maximum absolute atomic E-state index is 9.33. The van der Waals surface area contributed by atoms with Gasteiger partial charge < -0.3 is 14.6 Å². The van der Waals surface area contributed by atoms with E-state index in [-0.39, 0.29) is 17.5 Å². The van der Waals surface area contributed by atoms with Crippen LogP contribution in [0.2, 0.25) is 0 Å². The summed E-state index contributed by atoms with van der Waals surface area (Å²) >= 11 is 5.83. The molecule has 0 heterocycles. The van der Waals surface area contributed by atoms with Crippen molar-refractivity contribution in [2.24, 2.45) is 0 Å². The highest BCUT2D eigenvalue weighted by molar-refractivity contribution is 6.26. The van der Waals surface area contributed by atoms with Gasteiger partial charge in [-0.2, -0.15) is 0 Å². The van der Waals surface area contributed by atoms with Crippen molar-refractivity contribution in [3.8, 4) is 0 Å². The minimum Gasteiger partial charge on any atom is -0.391 e. The van der Waals surface area contributed by atoms with E-state index in [1.807, 2.05) is 14.8 Å². The molecule has 0 spiro atoms. The fraction of sp³-hybridized carbons (Fsp3) is 1.00. The number of ether oxygens (including phenoxy) is 2. The van der Waals surface area contributed by atoms with E-state index in [0.29, 0.717) is 6.61 Å². The van der Waals surface area contributed by atoms with Crippen LogP contribution in [0.1, 0.15) is 13.8 Å². The molecule has 0 aromatic carbocycles. The molecule has 4 atom stereocenters. The van der Waals surface area contributed by atoms with E-state index in [0.717, 1.165) is 0 Å². The van der Waals surface area contributed by atoms with Crippen LogP contribution >= 0.6 is 11.6 Å². The van der Waals surface area contributed by atoms with E-state index in [1.165, 1.54) is 0 Å². The van der Waals surface area contributed by atoms with Crippen LogP contribution in [0.5, 0.6) is 0 Å². The number of hydrogen-bond acceptors (Lipinski definition) is 3. The van der Waals surface area contributed by atoms with Crippen LogP contribution in [-0.4, -0.2) is 50.3 Å². The van der Waals surface area contributed by atoms with Crippen LogP contribution in [0.3, 0.4) is 0 Å². The van der Waals surface area contributed by atoms with Crippen molar-refractivity contribution in [1.82, 2.24) is 0 Å². The van der Waals surface area contributed by atoms with Crippen molar-refractivity contribution in [2.45, 2.75) is 37.4 Å². The predicted octanol–water partition coefficient (Wildman–Crippen LogP) is -0.0147. The fourth-order valence-electron chi connectivity index (χ4n) is 0.840. The second kappa shape index (κ2) is 6.65. The Morgan fingerprint density at radius 2 is 2.00 bits per heavy atom. The highest BCUT2D eigenvalue weighted by atomic mass is 35.5. The van der Waals surface area contributed by atoms with E-state index < -0.39 is 6.10 Å². The van der Waals surface area contributed by atoms with Crippen LogP contribution in [0, 0.1) is 0 Å². The molecule has 0 fully saturated rings. The number of aliphatic hydroxyl groups excluding tert-OH is 1. The third-order valence-electron chi connectivity index (χ3n) is 1.91. The molecule has 0 rings (SSSR count). The Balaban J connectivity index is 3.94. The molecule has 0 aliphatic heterocycles. The number of methoxy groups -OCH3 is 1. The minimum atomic E-state index is -0.544. The molecular formula is C8H18BClO3. The van der Waals surface area contributed by atoms with Gasteiger partial charge >= 0.3 is 0 Å². The molecule has 1 N–H and O–H groups in total. The van der Waals surface area contributed by atoms with Crippen molar-refractivity contribution >= 4 is 19.4 Å². The monoisotopic (exact) mass is 208 g/mol. The average molecular weight is 208 g/mol. The molecule has 0 saturated heterocycles. The zero-order chi connectivity index (χ0) is 10.4. The summed E-state index contributed by atoms with van der Waals surface area (Å²) in [6, 6.07) is -0.0867. The molecule has 1 unspecified atom stereocenters. The number of hydrogen-bond donors (Lipinski definition) is 1. The Morgan fingerprint density at radius 3 is 2.31 bits per heavy atom. The van der Waals surface area contributed by atoms with Gasteiger partial charge in [0.25, 0.3) is 0 Å². The lowest BCUT2D eigenvalue weighted by Crippen LogP contribution is -2.37. The highest BCUT2D eigenvalue weighted by Crippen LogP contribution is 2.08. The van der Waals surface area contributed by atoms with E-state index in [9.17, 15) is 5.11 Å². The molecule has 78 valence electrons. The fourth-order valence-corrected chi connectivity index (χ4v) is 0.900. The smallest absolute Gasteiger partial charge is 0.141 e. The molecule has 0 bridgehead atoms. The number of rotatable bonds is 6. The first-order chi connectivity index (χ1) is 5.99. The minimum absolute atomic E-state index is 0.0712. The van der Waals surface area contributed by atoms with Crippen LogP contribution in [0.25, 0.3) is 0 Å². The van der Waals surface area contributed by atoms with Crippen molar-refractivity contribution < 1.29 is 14.6 Å². The normalized spacial score (nSPS) is 20.7. The first-order valence-electron chi connectivity index (χ1n) is 4.45. The summed E-state index contributed by atoms with van der Waals surface area (Å²) in [6.07, 6.45) is -0.848. The summed E-state index contributed by atoms with van der Waals surface area (Å²) in [4.78, 5) is 0. The van der Waals surface area contributed by atoms with Gasteiger partial charge in [-0.05, 0) is 13.8 Å². The number of halogens is 1. The summed E-state index contributed by atoms with van der Waals surface area (Å²) in [5.74, 6) is 0. The lowest BCUT2D eigenvalue weighted by atomic mass is 9.96. The van der Waals surface area contributed by atoms with E-state index in [4.69, 9.17) is 21.1 Å². The molecule has 5 heteroatoms. The van der Waals surface area contributed by atoms with Gasteiger partial charge in [0.1, 0.15) is 14.0 Å². The second-order valence-corrected chi connectivity index (χ2v) is 3.94. The first-order valence-corrected chi connectivity index (χ1v) is 4.89. The summed E-state index contributed by atoms with van der Waals surface area (Å²) in [7, 11) is 3.45. The van der Waals surface area contributed by atoms with E-state index in [2.05, 4.69) is 0 Å². The van der Waals surface area contributed by atoms with Crippen LogP contribution in [0.15, 0.2) is 0 Å². The molecule has 0 aliphatic rings. The van der Waals surface area contributed by atoms with Gasteiger partial charge in [-0.25, -0.2) is 0 Å². The summed E-state index contributed by atoms with van der Waals surface area (Å²) in [6.45, 7) is 3.92. The molecule has 3 nitrogen and oxygen atoms in total. The van der Waals surface area contributed by atoms with Crippen molar-refractivity contribution in [3.05, 3.63) is 0 Å². The SMILES string of the molecule is BC(O[C@H](COC)[C@H](C)O)[C@@H](C)Cl. The maximum Gasteiger partial charge on any atom is 0.141 e. The van der Waals surface area contributed by atoms with Gasteiger partial charge in [-0.15, -0.1) is 11.6 Å². The Morgan fingerprint density at radius 1 is 1.46 bits per heavy atom. The second-order valence-electron chi connectivity index (χ2n) is 3.25. The van der Waals surface area contributed by atoms with Gasteiger partial charge in [0, 0.05) is 18.5 Å². The molecular weight excluding hydrogens is 190 g/mol. The Bertz CT molecular complexity index is 133. The van der Waals surface area contributed by atoms with Crippen molar-refractivity contribution in [1.29, 1.82) is 0 Å². The Hall–Kier alpha value is 0.235. The van der Waals surface area contributed by atoms with Gasteiger partial charge in [-0.3, -0.25) is 0 Å². The third kappa shape index (κ3) is 5.52. The highest BCUT2D eigenvalue weighted by Gasteiger charge is 2.20. The quantitative estimate of drug-likeness (QED) is 0.493. The average Bonchev–Trinajstić information content (AvgIpc) is 2.03. The van der Waals surface area contributed by atoms with E-state index in [1.54, 1.807) is 14.0 Å². The summed E-state index contributed by atoms with van der Waals surface area (Å²) < 4.78 is 10.4. The Labute approximate surface area is 85.8 Å². The standard InChI is InChI=1S/C8H18BClO3/c1-5(10)8(9)13-7(4-12-3)6(2)11/h5-8,11H,4,9H2,1-3H3/t5-,6+,7-,8?/m1/s1. The molecule has 0 aliphatic carbocycles. The van der Waals surface area contributed by atoms with Gasteiger partial charge in [0.05, 0.1) is 12.7 Å². The van der Waals surface area contributed by atoms with Crippen LogP contribution < -0.4 is 0 Å². The van der Waals surface area contributed by atoms with Crippen LogP contribution in [-0.2, 0) is 9.47 Å². The van der Waals surface area contributed by atoms with Crippen molar-refractivity contribution in [2.75, 3.05) is 13.7 Å². The van der Waals surface area contributed by atoms with Crippen molar-refractivity contribution in [3.63, 3.8) is 0 Å². The molecule has 0 aromatic rings. The topological polar surface area (TPSA) is 38.7 Å². The molecule has 0 aromatic heterocycles. The van der Waals surface area contributed by atoms with E-state index >= 15 is 0 Å². The molecule has 13 heavy (non-hydrogen) atoms. The Kier molecular flexibility index (Phi) is 6.77. The third-order valence-corrected chi connectivity index (χ3v) is 2.26. The summed E-state index contributed by atoms with van der Waals surface area (Å²) in [5, 5.41) is 9.25. The lowest BCUT2D eigenvalue weighted by Gasteiger charge is -2.25. The lowest BCUT2D eigenvalue weighted by molar-refractivity contribution is -0.0760. The molecule has 0 radical (unpaired) electrons. The predicted molar refractivity (Wildman–Crippen MR) is 56.1 cm³/mol. The van der Waals surface area contributed by atoms with Gasteiger partial charge in [0.15, 0.2) is 0 Å². The summed E-state index contributed by atoms with van der Waals surface area (Å²) in [5.41, 5.74) is 0. The molecule has 0 amide bonds. The zero-order valence-corrected chi connectivity index (χ0v) is 9.41. The number of aliphatic hydroxyl groups is 1. The van der Waals surface area contributed by atoms with Crippen LogP contribution in [0.4, 0.5) is 0 Å². The zero-order valence-electron chi connectivity index (χ0n) is 8.66. The number of alkyl halides is 1. The van der Waals surface area contributed by atoms with Gasteiger partial charge in [0.2, 0.25) is 0 Å². The largest absolute Gasteiger partial charge is 0.391 e. The van der Waals surface area contributed by atoms with Gasteiger partial charge in [-0.1, -0.05) is 0 Å². The maximum atomic E-state index is 9.33. The first kappa shape index (κ1) is 13.2.